The van der Waals surface area contributed by atoms with Gasteiger partial charge in [-0.2, -0.15) is 0 Å². The summed E-state index contributed by atoms with van der Waals surface area (Å²) in [6.07, 6.45) is 0. The molecule has 0 radical (unpaired) electrons. The summed E-state index contributed by atoms with van der Waals surface area (Å²) >= 11 is 0. The first-order chi connectivity index (χ1) is 16.2. The molecule has 1 saturated heterocycles. The molecule has 0 spiro atoms. The van der Waals surface area contributed by atoms with Crippen molar-refractivity contribution in [3.05, 3.63) is 77.9 Å². The summed E-state index contributed by atoms with van der Waals surface area (Å²) in [6, 6.07) is 20.4. The normalized spacial score (nSPS) is 14.5. The minimum atomic E-state index is 0. The zero-order chi connectivity index (χ0) is 22.9. The minimum Gasteiger partial charge on any atom is -0.492 e. The Morgan fingerprint density at radius 2 is 1.65 bits per heavy atom. The molecule has 0 aliphatic carbocycles. The fourth-order valence-electron chi connectivity index (χ4n) is 3.77. The molecule has 0 unspecified atom stereocenters. The number of guanidine groups is 1. The van der Waals surface area contributed by atoms with E-state index in [0.717, 1.165) is 56.1 Å². The fraction of sp³-hybridized carbons (Fsp3) is 0.400. The molecule has 2 heterocycles. The highest BCUT2D eigenvalue weighted by Gasteiger charge is 2.20. The van der Waals surface area contributed by atoms with Gasteiger partial charge in [0, 0.05) is 39.8 Å². The SMILES string of the molecule is Cc1nnc(CNC(=NCc2ccccc2)N2CCN(CCOc3ccccc3)CC2)n1C.I. The molecule has 1 N–H and O–H groups in total. The van der Waals surface area contributed by atoms with Gasteiger partial charge in [0.05, 0.1) is 13.1 Å². The van der Waals surface area contributed by atoms with E-state index in [-0.39, 0.29) is 24.0 Å². The van der Waals surface area contributed by atoms with Crippen molar-refractivity contribution >= 4 is 29.9 Å². The Hall–Kier alpha value is -2.66. The van der Waals surface area contributed by atoms with E-state index in [1.165, 1.54) is 5.56 Å². The minimum absolute atomic E-state index is 0. The van der Waals surface area contributed by atoms with Crippen molar-refractivity contribution in [3.63, 3.8) is 0 Å². The maximum absolute atomic E-state index is 5.86. The summed E-state index contributed by atoms with van der Waals surface area (Å²) in [6.45, 7) is 8.62. The molecule has 34 heavy (non-hydrogen) atoms. The van der Waals surface area contributed by atoms with Crippen molar-refractivity contribution in [2.75, 3.05) is 39.3 Å². The van der Waals surface area contributed by atoms with Crippen molar-refractivity contribution < 1.29 is 4.74 Å². The van der Waals surface area contributed by atoms with Crippen LogP contribution in [0, 0.1) is 6.92 Å². The molecule has 0 bridgehead atoms. The molecule has 9 heteroatoms. The van der Waals surface area contributed by atoms with E-state index in [4.69, 9.17) is 9.73 Å². The van der Waals surface area contributed by atoms with Gasteiger partial charge in [0.15, 0.2) is 11.8 Å². The van der Waals surface area contributed by atoms with Crippen LogP contribution in [0.25, 0.3) is 0 Å². The number of aromatic nitrogens is 3. The first kappa shape index (κ1) is 26.0. The molecule has 4 rings (SSSR count). The molecule has 3 aromatic rings. The number of benzene rings is 2. The molecular weight excluding hydrogens is 541 g/mol. The Kier molecular flexibility index (Phi) is 10.1. The number of piperazine rings is 1. The maximum Gasteiger partial charge on any atom is 0.194 e. The first-order valence-electron chi connectivity index (χ1n) is 11.5. The first-order valence-corrected chi connectivity index (χ1v) is 11.5. The van der Waals surface area contributed by atoms with Gasteiger partial charge in [-0.15, -0.1) is 34.2 Å². The van der Waals surface area contributed by atoms with Gasteiger partial charge in [-0.3, -0.25) is 4.90 Å². The third kappa shape index (κ3) is 7.42. The summed E-state index contributed by atoms with van der Waals surface area (Å²) in [5, 5.41) is 12.0. The molecule has 1 aliphatic rings. The predicted molar refractivity (Wildman–Crippen MR) is 146 cm³/mol. The number of aliphatic imine (C=N–C) groups is 1. The van der Waals surface area contributed by atoms with E-state index < -0.39 is 0 Å². The lowest BCUT2D eigenvalue weighted by Gasteiger charge is -2.36. The summed E-state index contributed by atoms with van der Waals surface area (Å²) < 4.78 is 7.87. The number of hydrogen-bond acceptors (Lipinski definition) is 5. The van der Waals surface area contributed by atoms with Crippen molar-refractivity contribution in [2.24, 2.45) is 12.0 Å². The second-order valence-electron chi connectivity index (χ2n) is 8.19. The molecule has 1 fully saturated rings. The molecule has 2 aromatic carbocycles. The van der Waals surface area contributed by atoms with Crippen LogP contribution in [0.1, 0.15) is 17.2 Å². The fourth-order valence-corrected chi connectivity index (χ4v) is 3.77. The van der Waals surface area contributed by atoms with Gasteiger partial charge in [-0.1, -0.05) is 48.5 Å². The highest BCUT2D eigenvalue weighted by Crippen LogP contribution is 2.09. The monoisotopic (exact) mass is 575 g/mol. The van der Waals surface area contributed by atoms with Gasteiger partial charge in [0.2, 0.25) is 0 Å². The molecule has 0 saturated carbocycles. The molecular formula is C25H34IN7O. The van der Waals surface area contributed by atoms with Crippen LogP contribution in [-0.4, -0.2) is 69.9 Å². The number of rotatable bonds is 8. The number of hydrogen-bond donors (Lipinski definition) is 1. The van der Waals surface area contributed by atoms with Gasteiger partial charge in [0.25, 0.3) is 0 Å². The highest BCUT2D eigenvalue weighted by atomic mass is 127. The Morgan fingerprint density at radius 3 is 2.29 bits per heavy atom. The second-order valence-corrected chi connectivity index (χ2v) is 8.19. The highest BCUT2D eigenvalue weighted by molar-refractivity contribution is 14.0. The zero-order valence-corrected chi connectivity index (χ0v) is 22.3. The second kappa shape index (κ2) is 13.3. The Balaban J connectivity index is 0.00000324. The van der Waals surface area contributed by atoms with Crippen molar-refractivity contribution in [1.29, 1.82) is 0 Å². The topological polar surface area (TPSA) is 70.8 Å². The van der Waals surface area contributed by atoms with Gasteiger partial charge >= 0.3 is 0 Å². The van der Waals surface area contributed by atoms with Gasteiger partial charge in [0.1, 0.15) is 18.2 Å². The number of aryl methyl sites for hydroxylation is 1. The van der Waals surface area contributed by atoms with Gasteiger partial charge in [-0.05, 0) is 24.6 Å². The zero-order valence-electron chi connectivity index (χ0n) is 19.9. The quantitative estimate of drug-likeness (QED) is 0.253. The van der Waals surface area contributed by atoms with E-state index in [0.29, 0.717) is 19.7 Å². The van der Waals surface area contributed by atoms with Crippen molar-refractivity contribution in [3.8, 4) is 5.75 Å². The summed E-state index contributed by atoms with van der Waals surface area (Å²) in [7, 11) is 1.99. The number of para-hydroxylation sites is 1. The number of nitrogens with one attached hydrogen (secondary N) is 1. The standard InChI is InChI=1S/C25H33N7O.HI/c1-21-28-29-24(30(21)2)20-27-25(26-19-22-9-5-3-6-10-22)32-15-13-31(14-16-32)17-18-33-23-11-7-4-8-12-23;/h3-12H,13-20H2,1-2H3,(H,26,27);1H. The molecule has 8 nitrogen and oxygen atoms in total. The summed E-state index contributed by atoms with van der Waals surface area (Å²) in [5.41, 5.74) is 1.20. The Morgan fingerprint density at radius 1 is 0.971 bits per heavy atom. The summed E-state index contributed by atoms with van der Waals surface area (Å²) in [4.78, 5) is 9.71. The van der Waals surface area contributed by atoms with Crippen LogP contribution in [0.5, 0.6) is 5.75 Å². The average molecular weight is 575 g/mol. The Labute approximate surface area is 219 Å². The maximum atomic E-state index is 5.86. The lowest BCUT2D eigenvalue weighted by Crippen LogP contribution is -2.53. The number of halogens is 1. The molecule has 1 aromatic heterocycles. The van der Waals surface area contributed by atoms with Crippen molar-refractivity contribution in [1.82, 2.24) is 29.9 Å². The van der Waals surface area contributed by atoms with Crippen LogP contribution in [-0.2, 0) is 20.1 Å². The van der Waals surface area contributed by atoms with Crippen LogP contribution in [0.3, 0.4) is 0 Å². The third-order valence-electron chi connectivity index (χ3n) is 5.93. The largest absolute Gasteiger partial charge is 0.492 e. The summed E-state index contributed by atoms with van der Waals surface area (Å²) in [5.74, 6) is 3.65. The molecule has 1 aliphatic heterocycles. The van der Waals surface area contributed by atoms with E-state index >= 15 is 0 Å². The van der Waals surface area contributed by atoms with Crippen molar-refractivity contribution in [2.45, 2.75) is 20.0 Å². The lowest BCUT2D eigenvalue weighted by atomic mass is 10.2. The van der Waals surface area contributed by atoms with Crippen LogP contribution in [0.2, 0.25) is 0 Å². The third-order valence-corrected chi connectivity index (χ3v) is 5.93. The van der Waals surface area contributed by atoms with E-state index in [2.05, 4.69) is 49.6 Å². The average Bonchev–Trinajstić information content (AvgIpc) is 3.18. The van der Waals surface area contributed by atoms with Gasteiger partial charge in [-0.25, -0.2) is 4.99 Å². The van der Waals surface area contributed by atoms with E-state index in [9.17, 15) is 0 Å². The predicted octanol–water partition coefficient (Wildman–Crippen LogP) is 3.08. The van der Waals surface area contributed by atoms with E-state index in [1.807, 2.05) is 54.9 Å². The lowest BCUT2D eigenvalue weighted by molar-refractivity contribution is 0.152. The van der Waals surface area contributed by atoms with Crippen LogP contribution < -0.4 is 10.1 Å². The van der Waals surface area contributed by atoms with Gasteiger partial charge < -0.3 is 19.5 Å². The van der Waals surface area contributed by atoms with Crippen LogP contribution in [0.15, 0.2) is 65.7 Å². The molecule has 182 valence electrons. The van der Waals surface area contributed by atoms with Crippen LogP contribution >= 0.6 is 24.0 Å². The smallest absolute Gasteiger partial charge is 0.194 e. The van der Waals surface area contributed by atoms with E-state index in [1.54, 1.807) is 0 Å². The number of nitrogens with zero attached hydrogens (tertiary/aromatic N) is 6. The Bertz CT molecular complexity index is 1020. The molecule has 0 amide bonds. The molecule has 0 atom stereocenters. The van der Waals surface area contributed by atoms with Crippen LogP contribution in [0.4, 0.5) is 0 Å². The number of ether oxygens (including phenoxy) is 1.